The zero-order valence-electron chi connectivity index (χ0n) is 8.70. The van der Waals surface area contributed by atoms with Gasteiger partial charge in [-0.3, -0.25) is 0 Å². The van der Waals surface area contributed by atoms with Gasteiger partial charge in [0.05, 0.1) is 25.5 Å². The van der Waals surface area contributed by atoms with Crippen LogP contribution in [-0.2, 0) is 4.74 Å². The van der Waals surface area contributed by atoms with Gasteiger partial charge in [0, 0.05) is 0 Å². The molecule has 15 heavy (non-hydrogen) atoms. The topological polar surface area (TPSA) is 42.9 Å². The van der Waals surface area contributed by atoms with Crippen LogP contribution >= 0.6 is 0 Å². The third-order valence-electron chi connectivity index (χ3n) is 2.18. The van der Waals surface area contributed by atoms with Crippen molar-refractivity contribution in [2.45, 2.75) is 0 Å². The SMILES string of the molecule is C=C1N=C(OC)c2cccc(OC)c2N1. The van der Waals surface area contributed by atoms with Gasteiger partial charge >= 0.3 is 0 Å². The Balaban J connectivity index is 2.59. The summed E-state index contributed by atoms with van der Waals surface area (Å²) in [6.07, 6.45) is 0. The van der Waals surface area contributed by atoms with E-state index in [0.717, 1.165) is 17.0 Å². The van der Waals surface area contributed by atoms with Crippen LogP contribution in [0.2, 0.25) is 0 Å². The number of hydrogen-bond acceptors (Lipinski definition) is 4. The number of methoxy groups -OCH3 is 2. The van der Waals surface area contributed by atoms with E-state index in [1.807, 2.05) is 18.2 Å². The van der Waals surface area contributed by atoms with Gasteiger partial charge in [-0.2, -0.15) is 4.99 Å². The van der Waals surface area contributed by atoms with E-state index in [1.54, 1.807) is 14.2 Å². The summed E-state index contributed by atoms with van der Waals surface area (Å²) in [6.45, 7) is 3.75. The van der Waals surface area contributed by atoms with Crippen LogP contribution in [0.25, 0.3) is 0 Å². The van der Waals surface area contributed by atoms with Gasteiger partial charge < -0.3 is 14.8 Å². The summed E-state index contributed by atoms with van der Waals surface area (Å²) in [5, 5.41) is 3.06. The minimum Gasteiger partial charge on any atom is -0.495 e. The molecule has 0 spiro atoms. The number of nitrogens with one attached hydrogen (secondary N) is 1. The fourth-order valence-electron chi connectivity index (χ4n) is 1.52. The molecule has 78 valence electrons. The van der Waals surface area contributed by atoms with Crippen molar-refractivity contribution in [3.63, 3.8) is 0 Å². The molecule has 1 aliphatic rings. The smallest absolute Gasteiger partial charge is 0.224 e. The Bertz CT molecular complexity index is 438. The standard InChI is InChI=1S/C11H12N2O2/c1-7-12-10-8(11(13-7)15-3)5-4-6-9(10)14-2/h4-6,12H,1H2,2-3H3. The van der Waals surface area contributed by atoms with Crippen LogP contribution in [0.5, 0.6) is 5.75 Å². The maximum atomic E-state index is 5.24. The van der Waals surface area contributed by atoms with Gasteiger partial charge in [0.2, 0.25) is 5.90 Å². The number of rotatable bonds is 1. The predicted octanol–water partition coefficient (Wildman–Crippen LogP) is 1.98. The van der Waals surface area contributed by atoms with Crippen LogP contribution in [-0.4, -0.2) is 20.1 Å². The summed E-state index contributed by atoms with van der Waals surface area (Å²) in [5.74, 6) is 1.84. The molecule has 0 saturated heterocycles. The van der Waals surface area contributed by atoms with Crippen LogP contribution in [0.3, 0.4) is 0 Å². The summed E-state index contributed by atoms with van der Waals surface area (Å²) in [7, 11) is 3.21. The molecule has 1 aliphatic heterocycles. The maximum absolute atomic E-state index is 5.24. The first-order valence-electron chi connectivity index (χ1n) is 4.52. The van der Waals surface area contributed by atoms with Crippen molar-refractivity contribution in [3.8, 4) is 5.75 Å². The number of nitrogens with zero attached hydrogens (tertiary/aromatic N) is 1. The van der Waals surface area contributed by atoms with E-state index in [1.165, 1.54) is 0 Å². The minimum absolute atomic E-state index is 0.545. The zero-order valence-corrected chi connectivity index (χ0v) is 8.70. The molecule has 0 saturated carbocycles. The van der Waals surface area contributed by atoms with E-state index >= 15 is 0 Å². The molecule has 0 fully saturated rings. The van der Waals surface area contributed by atoms with Crippen molar-refractivity contribution in [2.24, 2.45) is 4.99 Å². The normalized spacial score (nSPS) is 13.7. The number of hydrogen-bond donors (Lipinski definition) is 1. The Morgan fingerprint density at radius 3 is 2.73 bits per heavy atom. The molecule has 0 radical (unpaired) electrons. The number of anilines is 1. The molecule has 1 N–H and O–H groups in total. The van der Waals surface area contributed by atoms with E-state index in [2.05, 4.69) is 16.9 Å². The Morgan fingerprint density at radius 2 is 2.07 bits per heavy atom. The van der Waals surface area contributed by atoms with Crippen LogP contribution in [0.4, 0.5) is 5.69 Å². The highest BCUT2D eigenvalue weighted by Crippen LogP contribution is 2.32. The average molecular weight is 204 g/mol. The number of ether oxygens (including phenoxy) is 2. The molecule has 0 atom stereocenters. The monoisotopic (exact) mass is 204 g/mol. The molecule has 0 aliphatic carbocycles. The van der Waals surface area contributed by atoms with Gasteiger partial charge in [-0.15, -0.1) is 0 Å². The summed E-state index contributed by atoms with van der Waals surface area (Å²) < 4.78 is 10.4. The fraction of sp³-hybridized carbons (Fsp3) is 0.182. The van der Waals surface area contributed by atoms with Crippen molar-refractivity contribution in [3.05, 3.63) is 36.2 Å². The molecule has 0 amide bonds. The molecule has 0 unspecified atom stereocenters. The van der Waals surface area contributed by atoms with Crippen LogP contribution < -0.4 is 10.1 Å². The third-order valence-corrected chi connectivity index (χ3v) is 2.18. The molecule has 0 aromatic heterocycles. The molecule has 2 rings (SSSR count). The lowest BCUT2D eigenvalue weighted by molar-refractivity contribution is 0.401. The highest BCUT2D eigenvalue weighted by Gasteiger charge is 2.19. The molecule has 4 heteroatoms. The third kappa shape index (κ3) is 1.54. The Morgan fingerprint density at radius 1 is 1.27 bits per heavy atom. The second kappa shape index (κ2) is 3.65. The highest BCUT2D eigenvalue weighted by atomic mass is 16.5. The summed E-state index contributed by atoms with van der Waals surface area (Å²) in [6, 6.07) is 5.68. The molecule has 1 aromatic rings. The lowest BCUT2D eigenvalue weighted by Gasteiger charge is -2.20. The summed E-state index contributed by atoms with van der Waals surface area (Å²) >= 11 is 0. The second-order valence-corrected chi connectivity index (χ2v) is 3.08. The van der Waals surface area contributed by atoms with Gasteiger partial charge in [-0.1, -0.05) is 12.6 Å². The first-order chi connectivity index (χ1) is 7.26. The molecule has 4 nitrogen and oxygen atoms in total. The summed E-state index contributed by atoms with van der Waals surface area (Å²) in [5.41, 5.74) is 1.72. The Labute approximate surface area is 88.2 Å². The van der Waals surface area contributed by atoms with Crippen molar-refractivity contribution in [1.82, 2.24) is 0 Å². The minimum atomic E-state index is 0.545. The first kappa shape index (κ1) is 9.58. The van der Waals surface area contributed by atoms with Crippen molar-refractivity contribution in [2.75, 3.05) is 19.5 Å². The molecule has 1 heterocycles. The summed E-state index contributed by atoms with van der Waals surface area (Å²) in [4.78, 5) is 4.15. The van der Waals surface area contributed by atoms with Crippen LogP contribution in [0.1, 0.15) is 5.56 Å². The zero-order chi connectivity index (χ0) is 10.8. The number of fused-ring (bicyclic) bond motifs is 1. The fourth-order valence-corrected chi connectivity index (χ4v) is 1.52. The second-order valence-electron chi connectivity index (χ2n) is 3.08. The average Bonchev–Trinajstić information content (AvgIpc) is 2.27. The van der Waals surface area contributed by atoms with E-state index in [0.29, 0.717) is 11.7 Å². The predicted molar refractivity (Wildman–Crippen MR) is 59.3 cm³/mol. The van der Waals surface area contributed by atoms with Gasteiger partial charge in [-0.25, -0.2) is 0 Å². The van der Waals surface area contributed by atoms with Gasteiger partial charge in [-0.05, 0) is 12.1 Å². The number of para-hydroxylation sites is 1. The largest absolute Gasteiger partial charge is 0.495 e. The van der Waals surface area contributed by atoms with Crippen molar-refractivity contribution in [1.29, 1.82) is 0 Å². The van der Waals surface area contributed by atoms with Crippen molar-refractivity contribution >= 4 is 11.6 Å². The van der Waals surface area contributed by atoms with E-state index in [-0.39, 0.29) is 0 Å². The quantitative estimate of drug-likeness (QED) is 0.760. The van der Waals surface area contributed by atoms with Crippen LogP contribution in [0.15, 0.2) is 35.6 Å². The maximum Gasteiger partial charge on any atom is 0.224 e. The molecule has 0 bridgehead atoms. The highest BCUT2D eigenvalue weighted by molar-refractivity contribution is 6.03. The lowest BCUT2D eigenvalue weighted by atomic mass is 10.1. The lowest BCUT2D eigenvalue weighted by Crippen LogP contribution is -2.15. The molecular weight excluding hydrogens is 192 g/mol. The van der Waals surface area contributed by atoms with Crippen LogP contribution in [0, 0.1) is 0 Å². The van der Waals surface area contributed by atoms with E-state index < -0.39 is 0 Å². The Hall–Kier alpha value is -1.97. The van der Waals surface area contributed by atoms with Gasteiger partial charge in [0.15, 0.2) is 0 Å². The van der Waals surface area contributed by atoms with Gasteiger partial charge in [0.1, 0.15) is 11.6 Å². The van der Waals surface area contributed by atoms with Gasteiger partial charge in [0.25, 0.3) is 0 Å². The Kier molecular flexibility index (Phi) is 2.33. The van der Waals surface area contributed by atoms with E-state index in [9.17, 15) is 0 Å². The number of aliphatic imine (C=N–C) groups is 1. The first-order valence-corrected chi connectivity index (χ1v) is 4.52. The van der Waals surface area contributed by atoms with Crippen molar-refractivity contribution < 1.29 is 9.47 Å². The number of benzene rings is 1. The molecule has 1 aromatic carbocycles. The van der Waals surface area contributed by atoms with E-state index in [4.69, 9.17) is 9.47 Å². The molecular formula is C11H12N2O2.